The van der Waals surface area contributed by atoms with Crippen molar-refractivity contribution in [2.45, 2.75) is 58.0 Å². The lowest BCUT2D eigenvalue weighted by Crippen LogP contribution is -2.42. The zero-order chi connectivity index (χ0) is 27.0. The second-order valence-corrected chi connectivity index (χ2v) is 11.4. The Morgan fingerprint density at radius 2 is 1.87 bits per heavy atom. The van der Waals surface area contributed by atoms with E-state index in [1.165, 1.54) is 41.8 Å². The quantitative estimate of drug-likeness (QED) is 0.268. The van der Waals surface area contributed by atoms with Crippen molar-refractivity contribution < 1.29 is 19.0 Å². The number of nitrogens with zero attached hydrogens (tertiary/aromatic N) is 2. The summed E-state index contributed by atoms with van der Waals surface area (Å²) in [7, 11) is 1.64. The van der Waals surface area contributed by atoms with Crippen LogP contribution in [-0.4, -0.2) is 24.1 Å². The highest BCUT2D eigenvalue weighted by atomic mass is 19.1. The van der Waals surface area contributed by atoms with Gasteiger partial charge in [-0.15, -0.1) is 0 Å². The Labute approximate surface area is 229 Å². The van der Waals surface area contributed by atoms with Gasteiger partial charge in [-0.05, 0) is 128 Å². The molecule has 1 N–H and O–H groups in total. The van der Waals surface area contributed by atoms with E-state index in [1.54, 1.807) is 25.5 Å². The Morgan fingerprint density at radius 3 is 2.69 bits per heavy atom. The molecule has 0 amide bonds. The van der Waals surface area contributed by atoms with Gasteiger partial charge in [0.05, 0.1) is 13.3 Å². The lowest BCUT2D eigenvalue weighted by Gasteiger charge is -2.49. The molecule has 0 unspecified atom stereocenters. The molecule has 0 radical (unpaired) electrons. The summed E-state index contributed by atoms with van der Waals surface area (Å²) in [6.07, 6.45) is 8.50. The molecule has 0 saturated heterocycles. The molecule has 6 rings (SSSR count). The van der Waals surface area contributed by atoms with E-state index in [2.05, 4.69) is 18.1 Å². The van der Waals surface area contributed by atoms with Crippen molar-refractivity contribution in [3.05, 3.63) is 88.7 Å². The molecule has 5 nitrogen and oxygen atoms in total. The summed E-state index contributed by atoms with van der Waals surface area (Å²) in [5, 5.41) is 19.3. The van der Waals surface area contributed by atoms with Crippen LogP contribution in [0.2, 0.25) is 0 Å². The lowest BCUT2D eigenvalue weighted by atomic mass is 9.55. The number of benzene rings is 3. The van der Waals surface area contributed by atoms with Gasteiger partial charge in [0.1, 0.15) is 29.7 Å². The molecule has 3 aliphatic rings. The summed E-state index contributed by atoms with van der Waals surface area (Å²) in [6, 6.07) is 17.8. The van der Waals surface area contributed by atoms with E-state index < -0.39 is 0 Å². The van der Waals surface area contributed by atoms with Crippen molar-refractivity contribution in [3.8, 4) is 17.2 Å². The molecule has 202 valence electrons. The van der Waals surface area contributed by atoms with Crippen LogP contribution in [0, 0.1) is 23.1 Å². The third-order valence-corrected chi connectivity index (χ3v) is 9.35. The van der Waals surface area contributed by atoms with Crippen molar-refractivity contribution >= 4 is 11.9 Å². The van der Waals surface area contributed by atoms with Crippen molar-refractivity contribution in [1.82, 2.24) is 0 Å². The van der Waals surface area contributed by atoms with Crippen molar-refractivity contribution in [2.24, 2.45) is 27.5 Å². The summed E-state index contributed by atoms with van der Waals surface area (Å²) in [5.41, 5.74) is 5.92. The molecule has 0 aliphatic heterocycles. The van der Waals surface area contributed by atoms with E-state index in [4.69, 9.17) is 14.6 Å². The summed E-state index contributed by atoms with van der Waals surface area (Å²) >= 11 is 0. The number of phenolic OH excluding ortho intramolecular Hbond substituents is 1. The molecular formula is C33H35FN2O3. The highest BCUT2D eigenvalue weighted by Gasteiger charge is 2.53. The van der Waals surface area contributed by atoms with Crippen LogP contribution in [0.5, 0.6) is 17.2 Å². The van der Waals surface area contributed by atoms with Gasteiger partial charge in [-0.1, -0.05) is 13.0 Å². The molecule has 0 heterocycles. The standard InChI is InChI=1S/C33H35FN2O3/c1-33-16-15-28-27-11-7-25(37)18-22(27)4-10-29(28)30(33)12-14-32(33)36-35-19-21-3-13-31(38-2)23(17-21)20-39-26-8-5-24(34)6-9-26/h3,5-9,11,13,17-19,28-30,37H,4,10,12,14-16,20H2,1-2H3/t28-,29+,30+,33+/m0/s1. The number of aryl methyl sites for hydroxylation is 1. The second kappa shape index (κ2) is 10.5. The Hall–Kier alpha value is -3.67. The highest BCUT2D eigenvalue weighted by molar-refractivity contribution is 5.93. The average Bonchev–Trinajstić information content (AvgIpc) is 3.28. The van der Waals surface area contributed by atoms with Crippen LogP contribution in [0.25, 0.3) is 0 Å². The van der Waals surface area contributed by atoms with E-state index in [-0.39, 0.29) is 11.2 Å². The maximum absolute atomic E-state index is 13.2. The largest absolute Gasteiger partial charge is 0.508 e. The molecule has 2 saturated carbocycles. The first-order chi connectivity index (χ1) is 18.9. The zero-order valence-electron chi connectivity index (χ0n) is 22.6. The smallest absolute Gasteiger partial charge is 0.125 e. The molecule has 3 aromatic carbocycles. The monoisotopic (exact) mass is 526 g/mol. The van der Waals surface area contributed by atoms with Crippen LogP contribution in [0.3, 0.4) is 0 Å². The van der Waals surface area contributed by atoms with E-state index in [9.17, 15) is 9.50 Å². The SMILES string of the molecule is COc1ccc(C=NN=C2CC[C@@H]3[C@@H]4CCc5cc(O)ccc5[C@@H]4CC[C@@]23C)cc1COc1ccc(F)cc1. The van der Waals surface area contributed by atoms with E-state index in [0.29, 0.717) is 35.9 Å². The molecule has 0 aromatic heterocycles. The van der Waals surface area contributed by atoms with Crippen LogP contribution in [0.1, 0.15) is 67.2 Å². The van der Waals surface area contributed by atoms with Gasteiger partial charge in [-0.3, -0.25) is 0 Å². The van der Waals surface area contributed by atoms with Gasteiger partial charge in [0.25, 0.3) is 0 Å². The Kier molecular flexibility index (Phi) is 6.88. The average molecular weight is 527 g/mol. The van der Waals surface area contributed by atoms with E-state index in [0.717, 1.165) is 42.6 Å². The Bertz CT molecular complexity index is 1420. The van der Waals surface area contributed by atoms with Crippen LogP contribution >= 0.6 is 0 Å². The first kappa shape index (κ1) is 25.6. The normalized spacial score (nSPS) is 26.7. The number of ether oxygens (including phenoxy) is 2. The summed E-state index contributed by atoms with van der Waals surface area (Å²) in [6.45, 7) is 2.70. The fourth-order valence-corrected chi connectivity index (χ4v) is 7.37. The van der Waals surface area contributed by atoms with Crippen molar-refractivity contribution in [1.29, 1.82) is 0 Å². The second-order valence-electron chi connectivity index (χ2n) is 11.4. The maximum atomic E-state index is 13.2. The number of hydrogen-bond donors (Lipinski definition) is 1. The molecule has 6 heteroatoms. The van der Waals surface area contributed by atoms with Gasteiger partial charge in [0, 0.05) is 16.7 Å². The summed E-state index contributed by atoms with van der Waals surface area (Å²) in [4.78, 5) is 0. The van der Waals surface area contributed by atoms with E-state index in [1.807, 2.05) is 30.3 Å². The van der Waals surface area contributed by atoms with Gasteiger partial charge < -0.3 is 14.6 Å². The fourth-order valence-electron chi connectivity index (χ4n) is 7.37. The minimum Gasteiger partial charge on any atom is -0.508 e. The number of halogens is 1. The number of fused-ring (bicyclic) bond motifs is 5. The minimum absolute atomic E-state index is 0.0982. The molecule has 0 bridgehead atoms. The highest BCUT2D eigenvalue weighted by Crippen LogP contribution is 2.60. The lowest BCUT2D eigenvalue weighted by molar-refractivity contribution is 0.0955. The van der Waals surface area contributed by atoms with Gasteiger partial charge in [0.2, 0.25) is 0 Å². The molecule has 0 spiro atoms. The number of phenols is 1. The third-order valence-electron chi connectivity index (χ3n) is 9.35. The van der Waals surface area contributed by atoms with Gasteiger partial charge in [0.15, 0.2) is 0 Å². The number of hydrogen-bond acceptors (Lipinski definition) is 5. The molecular weight excluding hydrogens is 491 g/mol. The van der Waals surface area contributed by atoms with Crippen molar-refractivity contribution in [3.63, 3.8) is 0 Å². The first-order valence-electron chi connectivity index (χ1n) is 13.9. The predicted octanol–water partition coefficient (Wildman–Crippen LogP) is 7.45. The molecule has 2 fully saturated rings. The number of rotatable bonds is 6. The fraction of sp³-hybridized carbons (Fsp3) is 0.394. The Morgan fingerprint density at radius 1 is 1.03 bits per heavy atom. The zero-order valence-corrected chi connectivity index (χ0v) is 22.6. The van der Waals surface area contributed by atoms with Gasteiger partial charge in [-0.2, -0.15) is 10.2 Å². The summed E-state index contributed by atoms with van der Waals surface area (Å²) in [5.74, 6) is 3.30. The van der Waals surface area contributed by atoms with Gasteiger partial charge in [-0.25, -0.2) is 4.39 Å². The van der Waals surface area contributed by atoms with Crippen LogP contribution < -0.4 is 9.47 Å². The predicted molar refractivity (Wildman–Crippen MR) is 151 cm³/mol. The molecule has 3 aromatic rings. The Balaban J connectivity index is 1.16. The minimum atomic E-state index is -0.291. The van der Waals surface area contributed by atoms with E-state index >= 15 is 0 Å². The van der Waals surface area contributed by atoms with Crippen LogP contribution in [0.15, 0.2) is 70.9 Å². The number of aromatic hydroxyl groups is 1. The maximum Gasteiger partial charge on any atom is 0.125 e. The molecule has 3 aliphatic carbocycles. The molecule has 39 heavy (non-hydrogen) atoms. The number of methoxy groups -OCH3 is 1. The van der Waals surface area contributed by atoms with Crippen LogP contribution in [-0.2, 0) is 13.0 Å². The third kappa shape index (κ3) is 4.93. The molecule has 4 atom stereocenters. The topological polar surface area (TPSA) is 63.4 Å². The van der Waals surface area contributed by atoms with Gasteiger partial charge >= 0.3 is 0 Å². The van der Waals surface area contributed by atoms with Crippen LogP contribution in [0.4, 0.5) is 4.39 Å². The summed E-state index contributed by atoms with van der Waals surface area (Å²) < 4.78 is 24.6. The first-order valence-corrected chi connectivity index (χ1v) is 13.9. The van der Waals surface area contributed by atoms with Crippen molar-refractivity contribution in [2.75, 3.05) is 7.11 Å².